The molecular formula is C12H9Br2NO2S. The molecule has 6 heteroatoms. The van der Waals surface area contributed by atoms with Crippen LogP contribution in [0.1, 0.15) is 15.9 Å². The van der Waals surface area contributed by atoms with Crippen LogP contribution < -0.4 is 10.5 Å². The molecular weight excluding hydrogens is 382 g/mol. The number of carbonyl (C=O) groups is 1. The lowest BCUT2D eigenvalue weighted by molar-refractivity contribution is 0.103. The highest BCUT2D eigenvalue weighted by Gasteiger charge is 2.19. The number of benzene rings is 1. The maximum atomic E-state index is 12.4. The molecule has 3 nitrogen and oxygen atoms in total. The van der Waals surface area contributed by atoms with Gasteiger partial charge in [-0.1, -0.05) is 0 Å². The normalized spacial score (nSPS) is 10.4. The van der Waals surface area contributed by atoms with E-state index in [9.17, 15) is 4.79 Å². The van der Waals surface area contributed by atoms with Crippen LogP contribution in [0.3, 0.4) is 0 Å². The summed E-state index contributed by atoms with van der Waals surface area (Å²) in [4.78, 5) is 12.4. The lowest BCUT2D eigenvalue weighted by atomic mass is 10.0. The van der Waals surface area contributed by atoms with Gasteiger partial charge in [-0.3, -0.25) is 4.79 Å². The fraction of sp³-hybridized carbons (Fsp3) is 0.0833. The smallest absolute Gasteiger partial charge is 0.198 e. The zero-order valence-electron chi connectivity index (χ0n) is 9.37. The van der Waals surface area contributed by atoms with Crippen molar-refractivity contribution in [2.24, 2.45) is 0 Å². The van der Waals surface area contributed by atoms with Crippen molar-refractivity contribution in [3.63, 3.8) is 0 Å². The number of ether oxygens (including phenoxy) is 1. The summed E-state index contributed by atoms with van der Waals surface area (Å²) in [5.41, 5.74) is 7.34. The third-order valence-electron chi connectivity index (χ3n) is 2.37. The standard InChI is InChI=1S/C12H9Br2NO2S/c1-17-9-4-6(15)2-3-7(9)11(16)8-5-10(13)18-12(8)14/h2-5H,15H2,1H3. The van der Waals surface area contributed by atoms with E-state index in [1.807, 2.05) is 0 Å². The number of thiophene rings is 1. The highest BCUT2D eigenvalue weighted by molar-refractivity contribution is 9.12. The van der Waals surface area contributed by atoms with Gasteiger partial charge < -0.3 is 10.5 Å². The largest absolute Gasteiger partial charge is 0.496 e. The van der Waals surface area contributed by atoms with Gasteiger partial charge in [0.05, 0.1) is 20.2 Å². The molecule has 2 aromatic rings. The Morgan fingerprint density at radius 2 is 2.00 bits per heavy atom. The van der Waals surface area contributed by atoms with Crippen LogP contribution in [-0.2, 0) is 0 Å². The third kappa shape index (κ3) is 2.60. The summed E-state index contributed by atoms with van der Waals surface area (Å²) in [5.74, 6) is 0.384. The van der Waals surface area contributed by atoms with Crippen LogP contribution in [0.5, 0.6) is 5.75 Å². The quantitative estimate of drug-likeness (QED) is 0.634. The Labute approximate surface area is 125 Å². The zero-order chi connectivity index (χ0) is 13.3. The van der Waals surface area contributed by atoms with E-state index in [1.165, 1.54) is 18.4 Å². The van der Waals surface area contributed by atoms with Crippen LogP contribution in [0.25, 0.3) is 0 Å². The number of hydrogen-bond acceptors (Lipinski definition) is 4. The molecule has 1 aromatic carbocycles. The van der Waals surface area contributed by atoms with Crippen LogP contribution in [0, 0.1) is 0 Å². The summed E-state index contributed by atoms with van der Waals surface area (Å²) in [6.45, 7) is 0. The van der Waals surface area contributed by atoms with Crippen molar-refractivity contribution in [3.05, 3.63) is 43.0 Å². The second-order valence-corrected chi connectivity index (χ2v) is 7.28. The lowest BCUT2D eigenvalue weighted by Crippen LogP contribution is -2.04. The number of ketones is 1. The van der Waals surface area contributed by atoms with E-state index in [2.05, 4.69) is 31.9 Å². The highest BCUT2D eigenvalue weighted by Crippen LogP contribution is 2.35. The minimum atomic E-state index is -0.0966. The Kier molecular flexibility index (Phi) is 4.09. The maximum Gasteiger partial charge on any atom is 0.198 e. The Hall–Kier alpha value is -0.850. The first-order chi connectivity index (χ1) is 8.52. The first-order valence-corrected chi connectivity index (χ1v) is 7.36. The van der Waals surface area contributed by atoms with Gasteiger partial charge in [-0.15, -0.1) is 11.3 Å². The van der Waals surface area contributed by atoms with Gasteiger partial charge in [0, 0.05) is 17.3 Å². The number of methoxy groups -OCH3 is 1. The first kappa shape index (κ1) is 13.6. The fourth-order valence-corrected chi connectivity index (χ4v) is 4.33. The number of nitrogens with two attached hydrogens (primary N) is 1. The monoisotopic (exact) mass is 389 g/mol. The van der Waals surface area contributed by atoms with Crippen LogP contribution in [0.4, 0.5) is 5.69 Å². The van der Waals surface area contributed by atoms with Crippen molar-refractivity contribution in [3.8, 4) is 5.75 Å². The van der Waals surface area contributed by atoms with Gasteiger partial charge in [0.25, 0.3) is 0 Å². The molecule has 1 heterocycles. The second kappa shape index (κ2) is 5.42. The predicted molar refractivity (Wildman–Crippen MR) is 80.6 cm³/mol. The van der Waals surface area contributed by atoms with E-state index >= 15 is 0 Å². The molecule has 0 atom stereocenters. The van der Waals surface area contributed by atoms with Crippen LogP contribution in [0.2, 0.25) is 0 Å². The van der Waals surface area contributed by atoms with Crippen molar-refractivity contribution >= 4 is 54.7 Å². The van der Waals surface area contributed by atoms with Gasteiger partial charge in [-0.25, -0.2) is 0 Å². The molecule has 0 aliphatic carbocycles. The predicted octanol–water partition coefficient (Wildman–Crippen LogP) is 4.09. The number of anilines is 1. The Balaban J connectivity index is 2.49. The van der Waals surface area contributed by atoms with E-state index in [0.717, 1.165) is 7.57 Å². The Morgan fingerprint density at radius 1 is 1.28 bits per heavy atom. The number of halogens is 2. The molecule has 0 saturated heterocycles. The van der Waals surface area contributed by atoms with Crippen molar-refractivity contribution in [2.45, 2.75) is 0 Å². The van der Waals surface area contributed by atoms with Crippen molar-refractivity contribution in [1.82, 2.24) is 0 Å². The zero-order valence-corrected chi connectivity index (χ0v) is 13.4. The molecule has 2 N–H and O–H groups in total. The second-order valence-electron chi connectivity index (χ2n) is 3.53. The van der Waals surface area contributed by atoms with Crippen LogP contribution in [0.15, 0.2) is 31.8 Å². The van der Waals surface area contributed by atoms with Gasteiger partial charge in [0.1, 0.15) is 5.75 Å². The van der Waals surface area contributed by atoms with E-state index in [-0.39, 0.29) is 5.78 Å². The van der Waals surface area contributed by atoms with Crippen LogP contribution in [-0.4, -0.2) is 12.9 Å². The molecule has 0 bridgehead atoms. The number of nitrogen functional groups attached to an aromatic ring is 1. The number of rotatable bonds is 3. The molecule has 0 aliphatic rings. The molecule has 0 spiro atoms. The molecule has 0 saturated carbocycles. The average molecular weight is 391 g/mol. The van der Waals surface area contributed by atoms with Gasteiger partial charge in [-0.05, 0) is 50.1 Å². The summed E-state index contributed by atoms with van der Waals surface area (Å²) in [6.07, 6.45) is 0. The summed E-state index contributed by atoms with van der Waals surface area (Å²) in [7, 11) is 1.52. The van der Waals surface area contributed by atoms with E-state index in [0.29, 0.717) is 22.6 Å². The third-order valence-corrected chi connectivity index (χ3v) is 4.71. The number of hydrogen-bond donors (Lipinski definition) is 1. The average Bonchev–Trinajstić information content (AvgIpc) is 2.67. The van der Waals surface area contributed by atoms with Gasteiger partial charge in [0.15, 0.2) is 5.78 Å². The molecule has 0 amide bonds. The van der Waals surface area contributed by atoms with Gasteiger partial charge in [-0.2, -0.15) is 0 Å². The SMILES string of the molecule is COc1cc(N)ccc1C(=O)c1cc(Br)sc1Br. The summed E-state index contributed by atoms with van der Waals surface area (Å²) in [5, 5.41) is 0. The van der Waals surface area contributed by atoms with Gasteiger partial charge in [0.2, 0.25) is 0 Å². The Morgan fingerprint density at radius 3 is 2.56 bits per heavy atom. The molecule has 0 fully saturated rings. The van der Waals surface area contributed by atoms with Crippen molar-refractivity contribution in [1.29, 1.82) is 0 Å². The minimum Gasteiger partial charge on any atom is -0.496 e. The maximum absolute atomic E-state index is 12.4. The van der Waals surface area contributed by atoms with Crippen molar-refractivity contribution < 1.29 is 9.53 Å². The highest BCUT2D eigenvalue weighted by atomic mass is 79.9. The number of carbonyl (C=O) groups excluding carboxylic acids is 1. The molecule has 18 heavy (non-hydrogen) atoms. The lowest BCUT2D eigenvalue weighted by Gasteiger charge is -2.07. The van der Waals surface area contributed by atoms with Crippen LogP contribution >= 0.6 is 43.2 Å². The van der Waals surface area contributed by atoms with E-state index in [1.54, 1.807) is 24.3 Å². The minimum absolute atomic E-state index is 0.0966. The summed E-state index contributed by atoms with van der Waals surface area (Å²) >= 11 is 8.19. The molecule has 0 aliphatic heterocycles. The summed E-state index contributed by atoms with van der Waals surface area (Å²) < 4.78 is 6.88. The summed E-state index contributed by atoms with van der Waals surface area (Å²) in [6, 6.07) is 6.79. The molecule has 1 aromatic heterocycles. The first-order valence-electron chi connectivity index (χ1n) is 4.96. The molecule has 0 unspecified atom stereocenters. The Bertz CT molecular complexity index is 610. The molecule has 0 radical (unpaired) electrons. The fourth-order valence-electron chi connectivity index (χ4n) is 1.54. The molecule has 2 rings (SSSR count). The van der Waals surface area contributed by atoms with Crippen molar-refractivity contribution in [2.75, 3.05) is 12.8 Å². The molecule has 94 valence electrons. The van der Waals surface area contributed by atoms with E-state index < -0.39 is 0 Å². The van der Waals surface area contributed by atoms with E-state index in [4.69, 9.17) is 10.5 Å². The van der Waals surface area contributed by atoms with Gasteiger partial charge >= 0.3 is 0 Å². The topological polar surface area (TPSA) is 52.3 Å².